The normalized spacial score (nSPS) is 13.9. The molecule has 0 heterocycles. The van der Waals surface area contributed by atoms with Crippen molar-refractivity contribution < 1.29 is 9.53 Å². The molecule has 0 amide bonds. The highest BCUT2D eigenvalue weighted by molar-refractivity contribution is 5.72. The van der Waals surface area contributed by atoms with Gasteiger partial charge >= 0.3 is 5.97 Å². The second-order valence-corrected chi connectivity index (χ2v) is 4.87. The molecule has 1 aromatic carbocycles. The molecule has 2 unspecified atom stereocenters. The molecule has 0 spiro atoms. The minimum absolute atomic E-state index is 0.0451. The predicted octanol–water partition coefficient (Wildman–Crippen LogP) is 4.19. The minimum Gasteiger partial charge on any atom is -0.461 e. The van der Waals surface area contributed by atoms with Crippen LogP contribution in [0.25, 0.3) is 0 Å². The van der Waals surface area contributed by atoms with Crippen molar-refractivity contribution in [1.82, 2.24) is 0 Å². The van der Waals surface area contributed by atoms with E-state index in [4.69, 9.17) is 4.74 Å². The summed E-state index contributed by atoms with van der Waals surface area (Å²) in [5.74, 6) is 0.395. The van der Waals surface area contributed by atoms with Crippen molar-refractivity contribution in [2.75, 3.05) is 0 Å². The summed E-state index contributed by atoms with van der Waals surface area (Å²) in [4.78, 5) is 12.1. The Labute approximate surface area is 110 Å². The maximum absolute atomic E-state index is 12.1. The van der Waals surface area contributed by atoms with Gasteiger partial charge in [0.2, 0.25) is 0 Å². The summed E-state index contributed by atoms with van der Waals surface area (Å²) >= 11 is 0. The summed E-state index contributed by atoms with van der Waals surface area (Å²) in [6, 6.07) is 9.84. The van der Waals surface area contributed by atoms with Crippen LogP contribution in [0, 0.1) is 11.8 Å². The van der Waals surface area contributed by atoms with E-state index in [9.17, 15) is 4.79 Å². The van der Waals surface area contributed by atoms with E-state index in [2.05, 4.69) is 20.8 Å². The third kappa shape index (κ3) is 4.52. The molecule has 2 nitrogen and oxygen atoms in total. The van der Waals surface area contributed by atoms with E-state index in [-0.39, 0.29) is 11.9 Å². The van der Waals surface area contributed by atoms with Gasteiger partial charge in [0.05, 0.1) is 5.92 Å². The van der Waals surface area contributed by atoms with E-state index >= 15 is 0 Å². The Balaban J connectivity index is 2.51. The minimum atomic E-state index is -0.0462. The van der Waals surface area contributed by atoms with Crippen LogP contribution in [0.2, 0.25) is 0 Å². The second kappa shape index (κ2) is 7.91. The highest BCUT2D eigenvalue weighted by Crippen LogP contribution is 2.22. The average molecular weight is 248 g/mol. The number of hydrogen-bond acceptors (Lipinski definition) is 2. The maximum Gasteiger partial charge on any atom is 0.309 e. The largest absolute Gasteiger partial charge is 0.461 e. The lowest BCUT2D eigenvalue weighted by atomic mass is 9.88. The standard InChI is InChI=1S/C16H24O2/c1-4-9-15(13(3)5-2)16(17)18-12-14-10-7-6-8-11-14/h6-8,10-11,13,15H,4-5,9,12H2,1-3H3. The number of hydrogen-bond donors (Lipinski definition) is 0. The highest BCUT2D eigenvalue weighted by atomic mass is 16.5. The van der Waals surface area contributed by atoms with Gasteiger partial charge < -0.3 is 4.74 Å². The smallest absolute Gasteiger partial charge is 0.309 e. The van der Waals surface area contributed by atoms with Gasteiger partial charge in [0.25, 0.3) is 0 Å². The third-order valence-electron chi connectivity index (χ3n) is 3.46. The van der Waals surface area contributed by atoms with Crippen molar-refractivity contribution in [2.24, 2.45) is 11.8 Å². The Bertz CT molecular complexity index is 345. The van der Waals surface area contributed by atoms with Crippen LogP contribution in [0.1, 0.15) is 45.6 Å². The molecular weight excluding hydrogens is 224 g/mol. The van der Waals surface area contributed by atoms with Gasteiger partial charge in [-0.3, -0.25) is 4.79 Å². The Hall–Kier alpha value is -1.31. The first-order chi connectivity index (χ1) is 8.69. The highest BCUT2D eigenvalue weighted by Gasteiger charge is 2.24. The fourth-order valence-electron chi connectivity index (χ4n) is 2.07. The van der Waals surface area contributed by atoms with Crippen LogP contribution in [0.15, 0.2) is 30.3 Å². The number of esters is 1. The quantitative estimate of drug-likeness (QED) is 0.676. The Kier molecular flexibility index (Phi) is 6.48. The molecule has 0 aliphatic rings. The predicted molar refractivity (Wildman–Crippen MR) is 74.1 cm³/mol. The Morgan fingerprint density at radius 1 is 1.22 bits per heavy atom. The molecule has 0 saturated heterocycles. The van der Waals surface area contributed by atoms with Crippen LogP contribution in [0.3, 0.4) is 0 Å². The summed E-state index contributed by atoms with van der Waals surface area (Å²) in [6.45, 7) is 6.75. The monoisotopic (exact) mass is 248 g/mol. The molecule has 0 saturated carbocycles. The number of ether oxygens (including phenoxy) is 1. The zero-order valence-electron chi connectivity index (χ0n) is 11.7. The lowest BCUT2D eigenvalue weighted by Gasteiger charge is -2.20. The molecule has 1 aromatic rings. The second-order valence-electron chi connectivity index (χ2n) is 4.87. The average Bonchev–Trinajstić information content (AvgIpc) is 2.42. The molecule has 0 bridgehead atoms. The molecule has 100 valence electrons. The Morgan fingerprint density at radius 3 is 2.44 bits per heavy atom. The summed E-state index contributed by atoms with van der Waals surface area (Å²) in [7, 11) is 0. The van der Waals surface area contributed by atoms with E-state index in [0.29, 0.717) is 12.5 Å². The zero-order valence-corrected chi connectivity index (χ0v) is 11.7. The van der Waals surface area contributed by atoms with Gasteiger partial charge in [-0.15, -0.1) is 0 Å². The van der Waals surface area contributed by atoms with Gasteiger partial charge in [0, 0.05) is 0 Å². The van der Waals surface area contributed by atoms with Crippen molar-refractivity contribution in [2.45, 2.75) is 46.6 Å². The molecule has 1 rings (SSSR count). The van der Waals surface area contributed by atoms with Gasteiger partial charge in [-0.2, -0.15) is 0 Å². The summed E-state index contributed by atoms with van der Waals surface area (Å²) in [5.41, 5.74) is 1.05. The maximum atomic E-state index is 12.1. The Morgan fingerprint density at radius 2 is 1.89 bits per heavy atom. The number of benzene rings is 1. The van der Waals surface area contributed by atoms with Gasteiger partial charge in [-0.05, 0) is 17.9 Å². The number of rotatable bonds is 7. The van der Waals surface area contributed by atoms with Gasteiger partial charge in [-0.1, -0.05) is 63.9 Å². The van der Waals surface area contributed by atoms with Crippen molar-refractivity contribution in [3.8, 4) is 0 Å². The summed E-state index contributed by atoms with van der Waals surface area (Å²) in [5, 5.41) is 0. The van der Waals surface area contributed by atoms with Crippen LogP contribution < -0.4 is 0 Å². The van der Waals surface area contributed by atoms with Gasteiger partial charge in [0.1, 0.15) is 6.61 Å². The zero-order chi connectivity index (χ0) is 13.4. The van der Waals surface area contributed by atoms with Crippen LogP contribution in [0.4, 0.5) is 0 Å². The lowest BCUT2D eigenvalue weighted by molar-refractivity contribution is -0.152. The van der Waals surface area contributed by atoms with E-state index in [1.54, 1.807) is 0 Å². The van der Waals surface area contributed by atoms with Crippen LogP contribution in [-0.4, -0.2) is 5.97 Å². The van der Waals surface area contributed by atoms with Crippen molar-refractivity contribution in [3.05, 3.63) is 35.9 Å². The molecule has 0 aliphatic heterocycles. The fourth-order valence-corrected chi connectivity index (χ4v) is 2.07. The lowest BCUT2D eigenvalue weighted by Crippen LogP contribution is -2.23. The number of carbonyl (C=O) groups is 1. The molecule has 18 heavy (non-hydrogen) atoms. The molecule has 0 N–H and O–H groups in total. The summed E-state index contributed by atoms with van der Waals surface area (Å²) < 4.78 is 5.43. The van der Waals surface area contributed by atoms with Crippen molar-refractivity contribution in [3.63, 3.8) is 0 Å². The SMILES string of the molecule is CCCC(C(=O)OCc1ccccc1)C(C)CC. The molecule has 0 fully saturated rings. The third-order valence-corrected chi connectivity index (χ3v) is 3.46. The first kappa shape index (κ1) is 14.7. The first-order valence-corrected chi connectivity index (χ1v) is 6.89. The molecule has 2 atom stereocenters. The van der Waals surface area contributed by atoms with Crippen LogP contribution in [-0.2, 0) is 16.1 Å². The molecule has 0 aromatic heterocycles. The van der Waals surface area contributed by atoms with E-state index in [1.807, 2.05) is 30.3 Å². The van der Waals surface area contributed by atoms with E-state index < -0.39 is 0 Å². The van der Waals surface area contributed by atoms with Gasteiger partial charge in [0.15, 0.2) is 0 Å². The first-order valence-electron chi connectivity index (χ1n) is 6.89. The number of carbonyl (C=O) groups excluding carboxylic acids is 1. The molecule has 2 heteroatoms. The van der Waals surface area contributed by atoms with Crippen molar-refractivity contribution >= 4 is 5.97 Å². The van der Waals surface area contributed by atoms with Crippen molar-refractivity contribution in [1.29, 1.82) is 0 Å². The van der Waals surface area contributed by atoms with E-state index in [1.165, 1.54) is 0 Å². The van der Waals surface area contributed by atoms with E-state index in [0.717, 1.165) is 24.8 Å². The van der Waals surface area contributed by atoms with Crippen LogP contribution in [0.5, 0.6) is 0 Å². The molecular formula is C16H24O2. The topological polar surface area (TPSA) is 26.3 Å². The summed E-state index contributed by atoms with van der Waals surface area (Å²) in [6.07, 6.45) is 2.96. The molecule has 0 aliphatic carbocycles. The van der Waals surface area contributed by atoms with Crippen LogP contribution >= 0.6 is 0 Å². The fraction of sp³-hybridized carbons (Fsp3) is 0.562. The molecule has 0 radical (unpaired) electrons. The van der Waals surface area contributed by atoms with Gasteiger partial charge in [-0.25, -0.2) is 0 Å².